The molecule has 0 radical (unpaired) electrons. The van der Waals surface area contributed by atoms with Gasteiger partial charge in [0.25, 0.3) is 0 Å². The Morgan fingerprint density at radius 1 is 1.12 bits per heavy atom. The van der Waals surface area contributed by atoms with Gasteiger partial charge in [0.05, 0.1) is 0 Å². The van der Waals surface area contributed by atoms with Gasteiger partial charge in [-0.3, -0.25) is 0 Å². The lowest BCUT2D eigenvalue weighted by molar-refractivity contribution is 0.250. The first-order valence-corrected chi connectivity index (χ1v) is 7.21. The average Bonchev–Trinajstić information content (AvgIpc) is 2.63. The number of hydrogen-bond donors (Lipinski definition) is 1. The fourth-order valence-electron chi connectivity index (χ4n) is 3.26. The van der Waals surface area contributed by atoms with E-state index in [1.165, 1.54) is 58.3 Å². The molecule has 0 aromatic rings. The van der Waals surface area contributed by atoms with Crippen LogP contribution in [0.25, 0.3) is 0 Å². The molecule has 0 aliphatic carbocycles. The van der Waals surface area contributed by atoms with E-state index < -0.39 is 0 Å². The third-order valence-electron chi connectivity index (χ3n) is 4.45. The van der Waals surface area contributed by atoms with Gasteiger partial charge < -0.3 is 10.2 Å². The molecule has 0 saturated carbocycles. The van der Waals surface area contributed by atoms with Crippen LogP contribution in [0.3, 0.4) is 0 Å². The maximum absolute atomic E-state index is 3.62. The zero-order chi connectivity index (χ0) is 11.4. The molecule has 2 heteroatoms. The molecule has 0 aromatic heterocycles. The quantitative estimate of drug-likeness (QED) is 0.792. The Labute approximate surface area is 101 Å². The zero-order valence-electron chi connectivity index (χ0n) is 11.0. The van der Waals surface area contributed by atoms with Crippen molar-refractivity contribution in [2.75, 3.05) is 26.2 Å². The van der Waals surface area contributed by atoms with Crippen LogP contribution in [0.4, 0.5) is 0 Å². The van der Waals surface area contributed by atoms with E-state index in [1.54, 1.807) is 0 Å². The molecule has 2 rings (SSSR count). The van der Waals surface area contributed by atoms with Crippen LogP contribution in [-0.2, 0) is 0 Å². The third kappa shape index (κ3) is 3.46. The number of nitrogens with zero attached hydrogens (tertiary/aromatic N) is 1. The molecule has 16 heavy (non-hydrogen) atoms. The molecule has 2 unspecified atom stereocenters. The van der Waals surface area contributed by atoms with Crippen LogP contribution in [-0.4, -0.2) is 37.1 Å². The number of likely N-dealkylation sites (tertiary alicyclic amines) is 1. The predicted molar refractivity (Wildman–Crippen MR) is 69.6 cm³/mol. The van der Waals surface area contributed by atoms with E-state index >= 15 is 0 Å². The molecule has 2 saturated heterocycles. The molecule has 2 fully saturated rings. The molecular formula is C14H28N2. The normalized spacial score (nSPS) is 33.2. The van der Waals surface area contributed by atoms with Gasteiger partial charge in [-0.05, 0) is 63.6 Å². The van der Waals surface area contributed by atoms with Crippen LogP contribution >= 0.6 is 0 Å². The monoisotopic (exact) mass is 224 g/mol. The van der Waals surface area contributed by atoms with Gasteiger partial charge in [-0.2, -0.15) is 0 Å². The summed E-state index contributed by atoms with van der Waals surface area (Å²) in [6, 6.07) is 0.788. The Balaban J connectivity index is 1.74. The first kappa shape index (κ1) is 12.4. The summed E-state index contributed by atoms with van der Waals surface area (Å²) in [4.78, 5) is 2.70. The van der Waals surface area contributed by atoms with E-state index in [9.17, 15) is 0 Å². The minimum Gasteiger partial charge on any atom is -0.313 e. The molecule has 2 nitrogen and oxygen atoms in total. The first-order valence-electron chi connectivity index (χ1n) is 7.21. The number of nitrogens with one attached hydrogen (secondary N) is 1. The predicted octanol–water partition coefficient (Wildman–Crippen LogP) is 2.50. The molecule has 94 valence electrons. The molecule has 2 heterocycles. The van der Waals surface area contributed by atoms with Crippen LogP contribution in [0, 0.1) is 11.8 Å². The van der Waals surface area contributed by atoms with Gasteiger partial charge in [0.15, 0.2) is 0 Å². The molecule has 0 bridgehead atoms. The van der Waals surface area contributed by atoms with Crippen molar-refractivity contribution in [2.45, 2.75) is 52.0 Å². The van der Waals surface area contributed by atoms with E-state index in [0.717, 1.165) is 17.9 Å². The fourth-order valence-corrected chi connectivity index (χ4v) is 3.26. The van der Waals surface area contributed by atoms with Crippen molar-refractivity contribution < 1.29 is 0 Å². The van der Waals surface area contributed by atoms with Crippen LogP contribution in [0.2, 0.25) is 0 Å². The van der Waals surface area contributed by atoms with Gasteiger partial charge in [-0.15, -0.1) is 0 Å². The summed E-state index contributed by atoms with van der Waals surface area (Å²) >= 11 is 0. The second-order valence-corrected chi connectivity index (χ2v) is 6.03. The summed E-state index contributed by atoms with van der Waals surface area (Å²) in [5.41, 5.74) is 0. The lowest BCUT2D eigenvalue weighted by atomic mass is 9.89. The van der Waals surface area contributed by atoms with Gasteiger partial charge in [-0.1, -0.05) is 13.8 Å². The van der Waals surface area contributed by atoms with Crippen molar-refractivity contribution in [1.82, 2.24) is 10.2 Å². The Hall–Kier alpha value is -0.0800. The standard InChI is InChI=1S/C14H28N2/c1-12(2)13-5-4-9-16(10-7-13)11-14-6-3-8-15-14/h12-15H,3-11H2,1-2H3. The van der Waals surface area contributed by atoms with Gasteiger partial charge in [0.1, 0.15) is 0 Å². The lowest BCUT2D eigenvalue weighted by Gasteiger charge is -2.24. The molecular weight excluding hydrogens is 196 g/mol. The van der Waals surface area contributed by atoms with Crippen molar-refractivity contribution in [2.24, 2.45) is 11.8 Å². The summed E-state index contributed by atoms with van der Waals surface area (Å²) in [7, 11) is 0. The molecule has 0 spiro atoms. The Morgan fingerprint density at radius 2 is 2.00 bits per heavy atom. The van der Waals surface area contributed by atoms with Gasteiger partial charge >= 0.3 is 0 Å². The highest BCUT2D eigenvalue weighted by Crippen LogP contribution is 2.24. The van der Waals surface area contributed by atoms with Gasteiger partial charge in [0.2, 0.25) is 0 Å². The summed E-state index contributed by atoms with van der Waals surface area (Å²) < 4.78 is 0. The summed E-state index contributed by atoms with van der Waals surface area (Å²) in [6.45, 7) is 9.98. The third-order valence-corrected chi connectivity index (χ3v) is 4.45. The van der Waals surface area contributed by atoms with Crippen molar-refractivity contribution in [3.05, 3.63) is 0 Å². The molecule has 0 aromatic carbocycles. The van der Waals surface area contributed by atoms with E-state index in [1.807, 2.05) is 0 Å². The highest BCUT2D eigenvalue weighted by atomic mass is 15.2. The Kier molecular flexibility index (Phi) is 4.66. The minimum absolute atomic E-state index is 0.788. The zero-order valence-corrected chi connectivity index (χ0v) is 11.0. The van der Waals surface area contributed by atoms with Crippen molar-refractivity contribution >= 4 is 0 Å². The summed E-state index contributed by atoms with van der Waals surface area (Å²) in [6.07, 6.45) is 7.06. The highest BCUT2D eigenvalue weighted by Gasteiger charge is 2.22. The largest absolute Gasteiger partial charge is 0.313 e. The van der Waals surface area contributed by atoms with Crippen LogP contribution in [0.5, 0.6) is 0 Å². The summed E-state index contributed by atoms with van der Waals surface area (Å²) in [5.74, 6) is 1.85. The van der Waals surface area contributed by atoms with Crippen molar-refractivity contribution in [3.8, 4) is 0 Å². The topological polar surface area (TPSA) is 15.3 Å². The van der Waals surface area contributed by atoms with Gasteiger partial charge in [0, 0.05) is 12.6 Å². The molecule has 0 amide bonds. The highest BCUT2D eigenvalue weighted by molar-refractivity contribution is 4.80. The average molecular weight is 224 g/mol. The summed E-state index contributed by atoms with van der Waals surface area (Å²) in [5, 5.41) is 3.62. The maximum Gasteiger partial charge on any atom is 0.0195 e. The maximum atomic E-state index is 3.62. The lowest BCUT2D eigenvalue weighted by Crippen LogP contribution is -2.38. The van der Waals surface area contributed by atoms with E-state index in [0.29, 0.717) is 0 Å². The van der Waals surface area contributed by atoms with Crippen molar-refractivity contribution in [3.63, 3.8) is 0 Å². The van der Waals surface area contributed by atoms with Crippen LogP contribution in [0.1, 0.15) is 46.0 Å². The SMILES string of the molecule is CC(C)C1CCCN(CC2CCCN2)CC1. The molecule has 1 N–H and O–H groups in total. The fraction of sp³-hybridized carbons (Fsp3) is 1.00. The van der Waals surface area contributed by atoms with Crippen molar-refractivity contribution in [1.29, 1.82) is 0 Å². The van der Waals surface area contributed by atoms with E-state index in [-0.39, 0.29) is 0 Å². The molecule has 2 aliphatic heterocycles. The number of hydrogen-bond acceptors (Lipinski definition) is 2. The molecule has 2 aliphatic rings. The number of rotatable bonds is 3. The second kappa shape index (κ2) is 6.02. The molecule has 2 atom stereocenters. The minimum atomic E-state index is 0.788. The van der Waals surface area contributed by atoms with Crippen LogP contribution < -0.4 is 5.32 Å². The van der Waals surface area contributed by atoms with Crippen LogP contribution in [0.15, 0.2) is 0 Å². The van der Waals surface area contributed by atoms with E-state index in [2.05, 4.69) is 24.1 Å². The first-order chi connectivity index (χ1) is 7.75. The van der Waals surface area contributed by atoms with Gasteiger partial charge in [-0.25, -0.2) is 0 Å². The second-order valence-electron chi connectivity index (χ2n) is 6.03. The van der Waals surface area contributed by atoms with E-state index in [4.69, 9.17) is 0 Å². The Bertz CT molecular complexity index is 197. The smallest absolute Gasteiger partial charge is 0.0195 e. The Morgan fingerprint density at radius 3 is 2.69 bits per heavy atom.